The zero-order valence-electron chi connectivity index (χ0n) is 18.1. The highest BCUT2D eigenvalue weighted by Gasteiger charge is 2.37. The molecule has 4 rings (SSSR count). The lowest BCUT2D eigenvalue weighted by Crippen LogP contribution is -2.33. The second kappa shape index (κ2) is 7.42. The van der Waals surface area contributed by atoms with Gasteiger partial charge in [-0.15, -0.1) is 0 Å². The molecule has 30 heavy (non-hydrogen) atoms. The quantitative estimate of drug-likeness (QED) is 0.732. The molecule has 0 aromatic carbocycles. The molecule has 2 aliphatic rings. The van der Waals surface area contributed by atoms with Gasteiger partial charge in [-0.2, -0.15) is 9.40 Å². The molecule has 10 heteroatoms. The fourth-order valence-corrected chi connectivity index (χ4v) is 5.81. The Balaban J connectivity index is 1.61. The highest BCUT2D eigenvalue weighted by molar-refractivity contribution is 7.89. The van der Waals surface area contributed by atoms with Crippen molar-refractivity contribution in [1.29, 1.82) is 0 Å². The van der Waals surface area contributed by atoms with E-state index in [2.05, 4.69) is 15.1 Å². The maximum absolute atomic E-state index is 13.2. The fourth-order valence-electron chi connectivity index (χ4n) is 4.15. The molecule has 1 saturated heterocycles. The average Bonchev–Trinajstić information content (AvgIpc) is 3.32. The molecule has 162 valence electrons. The van der Waals surface area contributed by atoms with E-state index in [1.165, 1.54) is 4.31 Å². The first-order chi connectivity index (χ1) is 14.1. The number of amides is 1. The summed E-state index contributed by atoms with van der Waals surface area (Å²) in [5, 5.41) is 4.35. The van der Waals surface area contributed by atoms with Gasteiger partial charge in [0.1, 0.15) is 16.5 Å². The van der Waals surface area contributed by atoms with Gasteiger partial charge in [-0.05, 0) is 40.5 Å². The summed E-state index contributed by atoms with van der Waals surface area (Å²) in [6.07, 6.45) is 3.37. The second-order valence-corrected chi connectivity index (χ2v) is 10.3. The summed E-state index contributed by atoms with van der Waals surface area (Å²) >= 11 is 0. The number of aryl methyl sites for hydroxylation is 2. The second-order valence-electron chi connectivity index (χ2n) is 8.42. The SMILES string of the molecule is Cc1nn(C(C)C)cc1S(=O)(=O)N1CCC(c2nc(C)c3c(n2)N(C)C(=O)CC3)C1. The lowest BCUT2D eigenvalue weighted by atomic mass is 10.0. The number of hydrogen-bond acceptors (Lipinski definition) is 6. The number of aromatic nitrogens is 4. The minimum absolute atomic E-state index is 0.0415. The van der Waals surface area contributed by atoms with E-state index in [9.17, 15) is 13.2 Å². The zero-order valence-corrected chi connectivity index (χ0v) is 18.9. The number of rotatable bonds is 4. The zero-order chi connectivity index (χ0) is 21.8. The highest BCUT2D eigenvalue weighted by Crippen LogP contribution is 2.34. The van der Waals surface area contributed by atoms with Gasteiger partial charge in [-0.1, -0.05) is 0 Å². The van der Waals surface area contributed by atoms with Crippen LogP contribution in [0, 0.1) is 13.8 Å². The molecule has 0 spiro atoms. The maximum atomic E-state index is 13.2. The molecule has 9 nitrogen and oxygen atoms in total. The van der Waals surface area contributed by atoms with E-state index in [-0.39, 0.29) is 22.8 Å². The van der Waals surface area contributed by atoms with Gasteiger partial charge < -0.3 is 0 Å². The van der Waals surface area contributed by atoms with Crippen LogP contribution < -0.4 is 4.90 Å². The molecule has 0 N–H and O–H groups in total. The first kappa shape index (κ1) is 20.9. The first-order valence-corrected chi connectivity index (χ1v) is 11.7. The van der Waals surface area contributed by atoms with Crippen LogP contribution in [0.1, 0.15) is 61.4 Å². The molecule has 0 aliphatic carbocycles. The van der Waals surface area contributed by atoms with Crippen LogP contribution in [0.2, 0.25) is 0 Å². The number of carbonyl (C=O) groups excluding carboxylic acids is 1. The van der Waals surface area contributed by atoms with Gasteiger partial charge in [0, 0.05) is 56.0 Å². The number of hydrogen-bond donors (Lipinski definition) is 0. The summed E-state index contributed by atoms with van der Waals surface area (Å²) in [6, 6.07) is 0.0885. The van der Waals surface area contributed by atoms with Crippen molar-refractivity contribution in [2.75, 3.05) is 25.0 Å². The van der Waals surface area contributed by atoms with E-state index in [0.717, 1.165) is 11.3 Å². The van der Waals surface area contributed by atoms with Crippen LogP contribution in [0.3, 0.4) is 0 Å². The Kier molecular flexibility index (Phi) is 5.17. The molecule has 1 fully saturated rings. The molecular weight excluding hydrogens is 404 g/mol. The predicted molar refractivity (Wildman–Crippen MR) is 112 cm³/mol. The molecular formula is C20H28N6O3S. The van der Waals surface area contributed by atoms with Gasteiger partial charge in [0.15, 0.2) is 0 Å². The van der Waals surface area contributed by atoms with Gasteiger partial charge in [-0.3, -0.25) is 14.4 Å². The van der Waals surface area contributed by atoms with Crippen LogP contribution in [0.5, 0.6) is 0 Å². The normalized spacial score (nSPS) is 20.3. The average molecular weight is 433 g/mol. The maximum Gasteiger partial charge on any atom is 0.246 e. The third-order valence-electron chi connectivity index (χ3n) is 6.02. The molecule has 1 unspecified atom stereocenters. The lowest BCUT2D eigenvalue weighted by Gasteiger charge is -2.26. The molecule has 0 bridgehead atoms. The number of anilines is 1. The first-order valence-electron chi connectivity index (χ1n) is 10.3. The van der Waals surface area contributed by atoms with Gasteiger partial charge in [0.2, 0.25) is 15.9 Å². The summed E-state index contributed by atoms with van der Waals surface area (Å²) in [7, 11) is -1.91. The summed E-state index contributed by atoms with van der Waals surface area (Å²) in [4.78, 5) is 23.3. The Bertz CT molecular complexity index is 1110. The Morgan fingerprint density at radius 2 is 1.87 bits per heavy atom. The Morgan fingerprint density at radius 1 is 1.13 bits per heavy atom. The van der Waals surface area contributed by atoms with Crippen molar-refractivity contribution in [1.82, 2.24) is 24.1 Å². The van der Waals surface area contributed by atoms with Crippen LogP contribution in [-0.4, -0.2) is 58.5 Å². The van der Waals surface area contributed by atoms with Crippen molar-refractivity contribution in [2.45, 2.75) is 63.8 Å². The topological polar surface area (TPSA) is 101 Å². The van der Waals surface area contributed by atoms with E-state index in [1.54, 1.807) is 29.7 Å². The fraction of sp³-hybridized carbons (Fsp3) is 0.600. The van der Waals surface area contributed by atoms with E-state index in [0.29, 0.717) is 49.7 Å². The molecule has 4 heterocycles. The molecule has 0 saturated carbocycles. The van der Waals surface area contributed by atoms with Crippen molar-refractivity contribution >= 4 is 21.7 Å². The van der Waals surface area contributed by atoms with Crippen molar-refractivity contribution in [2.24, 2.45) is 0 Å². The molecule has 2 aliphatic heterocycles. The van der Waals surface area contributed by atoms with E-state index in [1.807, 2.05) is 20.8 Å². The number of nitrogens with zero attached hydrogens (tertiary/aromatic N) is 6. The van der Waals surface area contributed by atoms with E-state index < -0.39 is 10.0 Å². The van der Waals surface area contributed by atoms with Crippen molar-refractivity contribution in [3.63, 3.8) is 0 Å². The van der Waals surface area contributed by atoms with Crippen LogP contribution in [-0.2, 0) is 21.2 Å². The van der Waals surface area contributed by atoms with Crippen LogP contribution in [0.15, 0.2) is 11.1 Å². The van der Waals surface area contributed by atoms with E-state index in [4.69, 9.17) is 0 Å². The number of sulfonamides is 1. The van der Waals surface area contributed by atoms with Crippen molar-refractivity contribution in [3.05, 3.63) is 29.0 Å². The Hall–Kier alpha value is -2.33. The summed E-state index contributed by atoms with van der Waals surface area (Å²) < 4.78 is 29.7. The Morgan fingerprint density at radius 3 is 2.53 bits per heavy atom. The number of fused-ring (bicyclic) bond motifs is 1. The largest absolute Gasteiger partial charge is 0.300 e. The van der Waals surface area contributed by atoms with Crippen molar-refractivity contribution in [3.8, 4) is 0 Å². The molecule has 0 radical (unpaired) electrons. The molecule has 2 aromatic rings. The minimum atomic E-state index is -3.64. The van der Waals surface area contributed by atoms with Crippen LogP contribution in [0.4, 0.5) is 5.82 Å². The highest BCUT2D eigenvalue weighted by atomic mass is 32.2. The Labute approximate surface area is 177 Å². The summed E-state index contributed by atoms with van der Waals surface area (Å²) in [5.74, 6) is 1.21. The summed E-state index contributed by atoms with van der Waals surface area (Å²) in [5.41, 5.74) is 2.37. The third-order valence-corrected chi connectivity index (χ3v) is 7.99. The van der Waals surface area contributed by atoms with Gasteiger partial charge in [-0.25, -0.2) is 18.4 Å². The smallest absolute Gasteiger partial charge is 0.246 e. The van der Waals surface area contributed by atoms with Crippen LogP contribution >= 0.6 is 0 Å². The minimum Gasteiger partial charge on any atom is -0.300 e. The van der Waals surface area contributed by atoms with Gasteiger partial charge >= 0.3 is 0 Å². The summed E-state index contributed by atoms with van der Waals surface area (Å²) in [6.45, 7) is 8.32. The van der Waals surface area contributed by atoms with Crippen molar-refractivity contribution < 1.29 is 13.2 Å². The lowest BCUT2D eigenvalue weighted by molar-refractivity contribution is -0.118. The molecule has 2 aromatic heterocycles. The standard InChI is InChI=1S/C20H28N6O3S/c1-12(2)26-11-17(14(4)23-26)30(28,29)25-9-8-15(10-25)19-21-13(3)16-6-7-18(27)24(5)20(16)22-19/h11-12,15H,6-10H2,1-5H3. The predicted octanol–water partition coefficient (Wildman–Crippen LogP) is 1.96. The molecule has 1 amide bonds. The monoisotopic (exact) mass is 432 g/mol. The number of carbonyl (C=O) groups is 1. The van der Waals surface area contributed by atoms with E-state index >= 15 is 0 Å². The third kappa shape index (κ3) is 3.41. The van der Waals surface area contributed by atoms with Gasteiger partial charge in [0.25, 0.3) is 0 Å². The molecule has 1 atom stereocenters. The van der Waals surface area contributed by atoms with Gasteiger partial charge in [0.05, 0.1) is 5.69 Å². The van der Waals surface area contributed by atoms with Crippen LogP contribution in [0.25, 0.3) is 0 Å².